The van der Waals surface area contributed by atoms with Crippen molar-refractivity contribution in [2.75, 3.05) is 11.4 Å². The minimum absolute atomic E-state index is 0.175. The second kappa shape index (κ2) is 5.70. The van der Waals surface area contributed by atoms with E-state index in [1.807, 2.05) is 11.4 Å². The lowest BCUT2D eigenvalue weighted by molar-refractivity contribution is 0.607. The number of hydrogen-bond acceptors (Lipinski definition) is 3. The molecular formula is C15H16ClFN2S. The second-order valence-corrected chi connectivity index (χ2v) is 6.11. The lowest BCUT2D eigenvalue weighted by Crippen LogP contribution is -2.26. The molecule has 1 aromatic carbocycles. The summed E-state index contributed by atoms with van der Waals surface area (Å²) in [5.74, 6) is 0.268. The smallest absolute Gasteiger partial charge is 0.125 e. The van der Waals surface area contributed by atoms with Gasteiger partial charge >= 0.3 is 0 Å². The molecule has 1 atom stereocenters. The highest BCUT2D eigenvalue weighted by Crippen LogP contribution is 2.38. The number of nitrogens with zero attached hydrogens (tertiary/aromatic N) is 2. The fraction of sp³-hybridized carbons (Fsp3) is 0.400. The average molecular weight is 311 g/mol. The lowest BCUT2D eigenvalue weighted by Gasteiger charge is -2.28. The van der Waals surface area contributed by atoms with Crippen molar-refractivity contribution >= 4 is 28.6 Å². The number of alkyl halides is 1. The third kappa shape index (κ3) is 2.42. The molecule has 0 aliphatic carbocycles. The van der Waals surface area contributed by atoms with Gasteiger partial charge in [0.25, 0.3) is 0 Å². The van der Waals surface area contributed by atoms with Crippen LogP contribution in [0.2, 0.25) is 0 Å². The van der Waals surface area contributed by atoms with Gasteiger partial charge in [0.2, 0.25) is 0 Å². The normalized spacial score (nSPS) is 15.4. The minimum Gasteiger partial charge on any atom is -0.361 e. The number of halogens is 2. The Morgan fingerprint density at radius 1 is 1.50 bits per heavy atom. The lowest BCUT2D eigenvalue weighted by atomic mass is 10.1. The van der Waals surface area contributed by atoms with Crippen LogP contribution in [0.3, 0.4) is 0 Å². The molecule has 0 bridgehead atoms. The summed E-state index contributed by atoms with van der Waals surface area (Å²) in [6.07, 6.45) is 1.92. The zero-order valence-electron chi connectivity index (χ0n) is 11.3. The average Bonchev–Trinajstić information content (AvgIpc) is 3.07. The first-order valence-corrected chi connectivity index (χ1v) is 8.19. The van der Waals surface area contributed by atoms with Crippen molar-refractivity contribution in [1.82, 2.24) is 4.98 Å². The van der Waals surface area contributed by atoms with Crippen molar-refractivity contribution in [2.24, 2.45) is 0 Å². The SMILES string of the molecule is CCC(c1nc(CCl)cs1)N1CCc2ccc(F)cc21. The monoisotopic (exact) mass is 310 g/mol. The molecule has 2 aromatic rings. The van der Waals surface area contributed by atoms with Gasteiger partial charge in [-0.25, -0.2) is 9.37 Å². The minimum atomic E-state index is -0.175. The van der Waals surface area contributed by atoms with Crippen molar-refractivity contribution in [3.63, 3.8) is 0 Å². The molecule has 2 heterocycles. The van der Waals surface area contributed by atoms with Crippen molar-refractivity contribution in [3.05, 3.63) is 45.7 Å². The van der Waals surface area contributed by atoms with Gasteiger partial charge in [-0.15, -0.1) is 22.9 Å². The van der Waals surface area contributed by atoms with Crippen LogP contribution in [0.4, 0.5) is 10.1 Å². The van der Waals surface area contributed by atoms with Crippen LogP contribution >= 0.6 is 22.9 Å². The molecule has 20 heavy (non-hydrogen) atoms. The molecule has 2 nitrogen and oxygen atoms in total. The van der Waals surface area contributed by atoms with E-state index in [0.29, 0.717) is 5.88 Å². The Morgan fingerprint density at radius 3 is 3.05 bits per heavy atom. The van der Waals surface area contributed by atoms with Crippen molar-refractivity contribution < 1.29 is 4.39 Å². The molecule has 3 rings (SSSR count). The first-order chi connectivity index (χ1) is 9.72. The summed E-state index contributed by atoms with van der Waals surface area (Å²) in [7, 11) is 0. The number of rotatable bonds is 4. The molecule has 1 aromatic heterocycles. The van der Waals surface area contributed by atoms with E-state index in [0.717, 1.165) is 35.8 Å². The molecule has 0 amide bonds. The number of anilines is 1. The Morgan fingerprint density at radius 2 is 2.35 bits per heavy atom. The van der Waals surface area contributed by atoms with E-state index < -0.39 is 0 Å². The van der Waals surface area contributed by atoms with Gasteiger partial charge in [0.15, 0.2) is 0 Å². The highest BCUT2D eigenvalue weighted by atomic mass is 35.5. The maximum Gasteiger partial charge on any atom is 0.125 e. The van der Waals surface area contributed by atoms with E-state index in [4.69, 9.17) is 11.6 Å². The van der Waals surface area contributed by atoms with Crippen LogP contribution < -0.4 is 4.90 Å². The predicted molar refractivity (Wildman–Crippen MR) is 82.2 cm³/mol. The molecule has 0 radical (unpaired) electrons. The molecule has 0 saturated carbocycles. The standard InChI is InChI=1S/C15H16ClFN2S/c1-2-13(15-18-12(8-16)9-20-15)19-6-5-10-3-4-11(17)7-14(10)19/h3-4,7,9,13H,2,5-6,8H2,1H3. The number of aromatic nitrogens is 1. The quantitative estimate of drug-likeness (QED) is 0.771. The zero-order valence-corrected chi connectivity index (χ0v) is 12.8. The topological polar surface area (TPSA) is 16.1 Å². The summed E-state index contributed by atoms with van der Waals surface area (Å²) in [4.78, 5) is 6.86. The van der Waals surface area contributed by atoms with Gasteiger partial charge < -0.3 is 4.90 Å². The number of thiazole rings is 1. The fourth-order valence-corrected chi connectivity index (χ4v) is 4.01. The van der Waals surface area contributed by atoms with Gasteiger partial charge in [0.1, 0.15) is 10.8 Å². The number of benzene rings is 1. The third-order valence-electron chi connectivity index (χ3n) is 3.73. The Labute approximate surface area is 127 Å². The molecule has 0 fully saturated rings. The van der Waals surface area contributed by atoms with Crippen LogP contribution in [0.15, 0.2) is 23.6 Å². The summed E-state index contributed by atoms with van der Waals surface area (Å²) < 4.78 is 13.5. The van der Waals surface area contributed by atoms with Crippen LogP contribution in [0, 0.1) is 5.82 Å². The van der Waals surface area contributed by atoms with Crippen molar-refractivity contribution in [3.8, 4) is 0 Å². The highest BCUT2D eigenvalue weighted by molar-refractivity contribution is 7.09. The Bertz CT molecular complexity index is 614. The van der Waals surface area contributed by atoms with Crippen molar-refractivity contribution in [1.29, 1.82) is 0 Å². The summed E-state index contributed by atoms with van der Waals surface area (Å²) >= 11 is 7.47. The second-order valence-electron chi connectivity index (χ2n) is 4.95. The summed E-state index contributed by atoms with van der Waals surface area (Å²) in [6, 6.07) is 5.28. The van der Waals surface area contributed by atoms with Gasteiger partial charge in [0.05, 0.1) is 17.6 Å². The van der Waals surface area contributed by atoms with Crippen LogP contribution in [0.5, 0.6) is 0 Å². The van der Waals surface area contributed by atoms with Gasteiger partial charge in [0, 0.05) is 17.6 Å². The molecule has 0 saturated heterocycles. The summed E-state index contributed by atoms with van der Waals surface area (Å²) in [6.45, 7) is 3.07. The molecular weight excluding hydrogens is 295 g/mol. The van der Waals surface area contributed by atoms with Crippen molar-refractivity contribution in [2.45, 2.75) is 31.7 Å². The number of hydrogen-bond donors (Lipinski definition) is 0. The predicted octanol–water partition coefficient (Wildman–Crippen LogP) is 4.53. The highest BCUT2D eigenvalue weighted by Gasteiger charge is 2.28. The summed E-state index contributed by atoms with van der Waals surface area (Å²) in [5.41, 5.74) is 3.15. The van der Waals surface area contributed by atoms with E-state index in [1.165, 1.54) is 11.6 Å². The maximum absolute atomic E-state index is 13.5. The van der Waals surface area contributed by atoms with Gasteiger partial charge in [-0.05, 0) is 30.5 Å². The van der Waals surface area contributed by atoms with Crippen LogP contribution in [0.25, 0.3) is 0 Å². The van der Waals surface area contributed by atoms with E-state index in [2.05, 4.69) is 16.8 Å². The van der Waals surface area contributed by atoms with Crippen LogP contribution in [-0.2, 0) is 12.3 Å². The summed E-state index contributed by atoms with van der Waals surface area (Å²) in [5, 5.41) is 3.08. The van der Waals surface area contributed by atoms with E-state index >= 15 is 0 Å². The van der Waals surface area contributed by atoms with E-state index in [9.17, 15) is 4.39 Å². The Hall–Kier alpha value is -1.13. The van der Waals surface area contributed by atoms with Gasteiger partial charge in [-0.2, -0.15) is 0 Å². The van der Waals surface area contributed by atoms with E-state index in [-0.39, 0.29) is 11.9 Å². The van der Waals surface area contributed by atoms with Crippen LogP contribution in [-0.4, -0.2) is 11.5 Å². The Balaban J connectivity index is 1.94. The molecule has 0 spiro atoms. The Kier molecular flexibility index (Phi) is 3.94. The van der Waals surface area contributed by atoms with Crippen LogP contribution in [0.1, 0.15) is 35.7 Å². The van der Waals surface area contributed by atoms with Gasteiger partial charge in [-0.3, -0.25) is 0 Å². The molecule has 1 unspecified atom stereocenters. The zero-order chi connectivity index (χ0) is 14.1. The molecule has 1 aliphatic rings. The molecule has 0 N–H and O–H groups in total. The third-order valence-corrected chi connectivity index (χ3v) is 5.00. The number of fused-ring (bicyclic) bond motifs is 1. The maximum atomic E-state index is 13.5. The van der Waals surface area contributed by atoms with Gasteiger partial charge in [-0.1, -0.05) is 13.0 Å². The van der Waals surface area contributed by atoms with E-state index in [1.54, 1.807) is 17.4 Å². The fourth-order valence-electron chi connectivity index (χ4n) is 2.77. The largest absolute Gasteiger partial charge is 0.361 e. The molecule has 106 valence electrons. The first kappa shape index (κ1) is 13.8. The molecule has 1 aliphatic heterocycles. The molecule has 5 heteroatoms. The first-order valence-electron chi connectivity index (χ1n) is 6.78.